The van der Waals surface area contributed by atoms with Gasteiger partial charge in [-0.1, -0.05) is 0 Å². The molecule has 4 aromatic heterocycles. The van der Waals surface area contributed by atoms with Gasteiger partial charge in [-0.2, -0.15) is 4.98 Å². The van der Waals surface area contributed by atoms with Crippen molar-refractivity contribution < 1.29 is 42.0 Å². The summed E-state index contributed by atoms with van der Waals surface area (Å²) < 4.78 is 57.7. The van der Waals surface area contributed by atoms with Gasteiger partial charge in [0.1, 0.15) is 42.6 Å². The molecule has 8 atom stereocenters. The first-order chi connectivity index (χ1) is 20.5. The van der Waals surface area contributed by atoms with Gasteiger partial charge in [-0.15, -0.1) is 0 Å². The Hall–Kier alpha value is -2.97. The number of aromatic amines is 1. The Bertz CT molecular complexity index is 1870. The zero-order chi connectivity index (χ0) is 30.1. The van der Waals surface area contributed by atoms with Gasteiger partial charge in [-0.25, -0.2) is 29.1 Å². The molecule has 3 fully saturated rings. The summed E-state index contributed by atoms with van der Waals surface area (Å²) >= 11 is 0.581. The first kappa shape index (κ1) is 28.8. The SMILES string of the molecule is Nc1nc2c(ncn2[C@H]2C[C@@H]3OP(=O)(O)SC[C@H]4O[C@@H](n5cnc6c(N)ncnc65)C[C@@H]4OP(=O)(O)OC[C@H]3O2)c(=O)[nH]1. The number of anilines is 2. The number of H-pyrrole nitrogens is 1. The van der Waals surface area contributed by atoms with E-state index < -0.39 is 63.7 Å². The number of rotatable bonds is 2. The summed E-state index contributed by atoms with van der Waals surface area (Å²) in [4.78, 5) is 56.4. The number of hydrogen-bond acceptors (Lipinski definition) is 16. The average Bonchev–Trinajstić information content (AvgIpc) is 3.71. The second-order valence-electron chi connectivity index (χ2n) is 9.90. The van der Waals surface area contributed by atoms with Crippen LogP contribution >= 0.6 is 26.0 Å². The molecule has 0 saturated carbocycles. The molecule has 3 saturated heterocycles. The Morgan fingerprint density at radius 3 is 2.35 bits per heavy atom. The molecule has 0 bridgehead atoms. The van der Waals surface area contributed by atoms with Gasteiger partial charge in [-0.05, 0) is 11.4 Å². The molecule has 0 aromatic carbocycles. The van der Waals surface area contributed by atoms with Crippen LogP contribution in [-0.2, 0) is 32.2 Å². The predicted octanol–water partition coefficient (Wildman–Crippen LogP) is 0.433. The standard InChI is InChI=1S/C20H24N10O10P2S/c21-16-14-17(24-5-23-16)29(6-25-14)12-2-9-11(38-12)4-43-42(34,35)40-8-1-13(37-10(8)3-36-41(32,33)39-9)30-7-26-15-18(30)27-20(22)28-19(15)31/h5-13H,1-4H2,(H,32,33)(H,34,35)(H2,21,23,24)(H3,22,27,28,31)/t8-,9-,10+,11+,12+,13+/m0/s1. The molecule has 7 rings (SSSR count). The van der Waals surface area contributed by atoms with E-state index >= 15 is 0 Å². The summed E-state index contributed by atoms with van der Waals surface area (Å²) in [5.41, 5.74) is 11.8. The summed E-state index contributed by atoms with van der Waals surface area (Å²) in [5.74, 6) is -0.123. The molecule has 2 unspecified atom stereocenters. The Kier molecular flexibility index (Phi) is 7.08. The topological polar surface area (TPSA) is 280 Å². The van der Waals surface area contributed by atoms with Crippen LogP contribution in [0.25, 0.3) is 22.3 Å². The predicted molar refractivity (Wildman–Crippen MR) is 147 cm³/mol. The van der Waals surface area contributed by atoms with Gasteiger partial charge in [0.15, 0.2) is 22.6 Å². The number of nitrogens with two attached hydrogens (primary N) is 2. The molecule has 43 heavy (non-hydrogen) atoms. The van der Waals surface area contributed by atoms with Gasteiger partial charge in [-0.3, -0.25) is 32.5 Å². The minimum absolute atomic E-state index is 0.00181. The van der Waals surface area contributed by atoms with E-state index in [4.69, 9.17) is 34.5 Å². The number of hydrogen-bond donors (Lipinski definition) is 5. The van der Waals surface area contributed by atoms with E-state index in [9.17, 15) is 23.7 Å². The van der Waals surface area contributed by atoms with Crippen LogP contribution in [0.1, 0.15) is 25.3 Å². The van der Waals surface area contributed by atoms with Crippen LogP contribution in [0.5, 0.6) is 0 Å². The molecule has 230 valence electrons. The summed E-state index contributed by atoms with van der Waals surface area (Å²) in [6.45, 7) is -4.88. The quantitative estimate of drug-likeness (QED) is 0.183. The Morgan fingerprint density at radius 1 is 0.907 bits per heavy atom. The van der Waals surface area contributed by atoms with Crippen molar-refractivity contribution in [2.75, 3.05) is 23.8 Å². The van der Waals surface area contributed by atoms with E-state index in [1.165, 1.54) is 23.5 Å². The van der Waals surface area contributed by atoms with Crippen molar-refractivity contribution >= 4 is 60.1 Å². The summed E-state index contributed by atoms with van der Waals surface area (Å²) in [7, 11) is -4.70. The van der Waals surface area contributed by atoms with Crippen LogP contribution in [-0.4, -0.2) is 85.6 Å². The van der Waals surface area contributed by atoms with Crippen LogP contribution < -0.4 is 17.0 Å². The number of nitrogens with one attached hydrogen (secondary N) is 1. The van der Waals surface area contributed by atoms with Crippen LogP contribution in [0.3, 0.4) is 0 Å². The Morgan fingerprint density at radius 2 is 1.58 bits per heavy atom. The molecule has 4 aromatic rings. The smallest absolute Gasteiger partial charge is 0.382 e. The summed E-state index contributed by atoms with van der Waals surface area (Å²) in [6.07, 6.45) is -1.71. The lowest BCUT2D eigenvalue weighted by atomic mass is 10.2. The van der Waals surface area contributed by atoms with E-state index in [-0.39, 0.29) is 41.5 Å². The highest BCUT2D eigenvalue weighted by Crippen LogP contribution is 2.60. The molecular formula is C20H24N10O10P2S. The maximum Gasteiger partial charge on any atom is 0.472 e. The molecular weight excluding hydrogens is 634 g/mol. The molecule has 7 heterocycles. The van der Waals surface area contributed by atoms with Crippen LogP contribution in [0.15, 0.2) is 23.8 Å². The molecule has 20 nitrogen and oxygen atoms in total. The number of aromatic nitrogens is 8. The third kappa shape index (κ3) is 5.46. The zero-order valence-electron chi connectivity index (χ0n) is 21.8. The molecule has 0 amide bonds. The first-order valence-electron chi connectivity index (χ1n) is 12.7. The Balaban J connectivity index is 1.13. The van der Waals surface area contributed by atoms with Gasteiger partial charge in [0.05, 0.1) is 25.4 Å². The first-order valence-corrected chi connectivity index (χ1v) is 17.4. The lowest BCUT2D eigenvalue weighted by Gasteiger charge is -2.26. The molecule has 0 aliphatic carbocycles. The normalized spacial score (nSPS) is 35.4. The van der Waals surface area contributed by atoms with Crippen molar-refractivity contribution in [3.8, 4) is 0 Å². The second kappa shape index (κ2) is 10.6. The largest absolute Gasteiger partial charge is 0.472 e. The minimum Gasteiger partial charge on any atom is -0.382 e. The van der Waals surface area contributed by atoms with Gasteiger partial charge in [0.25, 0.3) is 5.56 Å². The highest BCUT2D eigenvalue weighted by molar-refractivity contribution is 8.54. The fourth-order valence-corrected chi connectivity index (χ4v) is 8.97. The van der Waals surface area contributed by atoms with E-state index in [1.54, 1.807) is 4.57 Å². The van der Waals surface area contributed by atoms with E-state index in [2.05, 4.69) is 29.9 Å². The van der Waals surface area contributed by atoms with Gasteiger partial charge in [0, 0.05) is 18.6 Å². The van der Waals surface area contributed by atoms with E-state index in [0.717, 1.165) is 0 Å². The molecule has 3 aliphatic heterocycles. The number of phosphoric ester groups is 1. The fourth-order valence-electron chi connectivity index (χ4n) is 5.24. The third-order valence-corrected chi connectivity index (χ3v) is 11.2. The molecule has 0 spiro atoms. The number of nitrogens with zero attached hydrogens (tertiary/aromatic N) is 7. The summed E-state index contributed by atoms with van der Waals surface area (Å²) in [5, 5.41) is 0. The minimum atomic E-state index is -4.70. The number of ether oxygens (including phenoxy) is 2. The van der Waals surface area contributed by atoms with Gasteiger partial charge < -0.3 is 30.7 Å². The van der Waals surface area contributed by atoms with E-state index in [0.29, 0.717) is 22.5 Å². The maximum absolute atomic E-state index is 13.2. The van der Waals surface area contributed by atoms with Crippen molar-refractivity contribution in [1.82, 2.24) is 39.0 Å². The average molecular weight is 658 g/mol. The van der Waals surface area contributed by atoms with E-state index in [1.807, 2.05) is 0 Å². The Labute approximate surface area is 244 Å². The number of nitrogen functional groups attached to an aromatic ring is 2. The van der Waals surface area contributed by atoms with Gasteiger partial charge in [0.2, 0.25) is 5.95 Å². The van der Waals surface area contributed by atoms with Gasteiger partial charge >= 0.3 is 14.6 Å². The zero-order valence-corrected chi connectivity index (χ0v) is 24.4. The van der Waals surface area contributed by atoms with Crippen LogP contribution in [0, 0.1) is 0 Å². The third-order valence-electron chi connectivity index (χ3n) is 7.16. The van der Waals surface area contributed by atoms with Crippen molar-refractivity contribution in [1.29, 1.82) is 0 Å². The fraction of sp³-hybridized carbons (Fsp3) is 0.500. The number of fused-ring (bicyclic) bond motifs is 4. The second-order valence-corrected chi connectivity index (χ2v) is 15.2. The maximum atomic E-state index is 13.2. The highest BCUT2D eigenvalue weighted by atomic mass is 32.7. The highest BCUT2D eigenvalue weighted by Gasteiger charge is 2.47. The molecule has 23 heteroatoms. The van der Waals surface area contributed by atoms with Crippen molar-refractivity contribution in [2.45, 2.75) is 49.7 Å². The molecule has 0 radical (unpaired) electrons. The lowest BCUT2D eigenvalue weighted by molar-refractivity contribution is -0.0451. The molecule has 7 N–H and O–H groups in total. The van der Waals surface area contributed by atoms with Crippen LogP contribution in [0.2, 0.25) is 0 Å². The lowest BCUT2D eigenvalue weighted by Crippen LogP contribution is -2.31. The van der Waals surface area contributed by atoms with Crippen molar-refractivity contribution in [2.24, 2.45) is 0 Å². The van der Waals surface area contributed by atoms with Crippen molar-refractivity contribution in [3.05, 3.63) is 29.3 Å². The molecule has 3 aliphatic rings. The van der Waals surface area contributed by atoms with Crippen LogP contribution in [0.4, 0.5) is 11.8 Å². The summed E-state index contributed by atoms with van der Waals surface area (Å²) in [6, 6.07) is 0. The number of imidazole rings is 2. The number of phosphoric acid groups is 1. The monoisotopic (exact) mass is 658 g/mol. The van der Waals surface area contributed by atoms with Crippen molar-refractivity contribution in [3.63, 3.8) is 0 Å².